The summed E-state index contributed by atoms with van der Waals surface area (Å²) in [6.45, 7) is 0.532. The van der Waals surface area contributed by atoms with Gasteiger partial charge in [0, 0.05) is 18.3 Å². The van der Waals surface area contributed by atoms with Crippen molar-refractivity contribution >= 4 is 46.5 Å². The van der Waals surface area contributed by atoms with E-state index in [-0.39, 0.29) is 6.61 Å². The van der Waals surface area contributed by atoms with Gasteiger partial charge < -0.3 is 4.74 Å². The number of hydrogen-bond donors (Lipinski definition) is 1. The van der Waals surface area contributed by atoms with Gasteiger partial charge in [-0.1, -0.05) is 48.6 Å². The van der Waals surface area contributed by atoms with Gasteiger partial charge in [0.15, 0.2) is 0 Å². The molecule has 0 heterocycles. The largest absolute Gasteiger partial charge is 0.463 e. The number of ether oxygens (including phenoxy) is 1. The minimum atomic E-state index is -0.598. The van der Waals surface area contributed by atoms with Crippen LogP contribution in [0, 0.1) is 0 Å². The van der Waals surface area contributed by atoms with Crippen molar-refractivity contribution in [3.63, 3.8) is 0 Å². The number of para-hydroxylation sites is 2. The number of hydrogen-bond acceptors (Lipinski definition) is 3. The second-order valence-corrected chi connectivity index (χ2v) is 5.43. The molecule has 0 fully saturated rings. The van der Waals surface area contributed by atoms with E-state index in [1.54, 1.807) is 0 Å². The normalized spacial score (nSPS) is 9.35. The van der Waals surface area contributed by atoms with Crippen LogP contribution < -0.4 is 4.90 Å². The maximum atomic E-state index is 11.1. The number of thiol groups is 1. The molecule has 6 heteroatoms. The Balaban J connectivity index is 0.000000322. The van der Waals surface area contributed by atoms with Crippen LogP contribution in [0.2, 0.25) is 0 Å². The Morgan fingerprint density at radius 3 is 1.78 bits per heavy atom. The van der Waals surface area contributed by atoms with Gasteiger partial charge in [-0.15, -0.1) is 12.6 Å². The maximum absolute atomic E-state index is 11.1. The third-order valence-corrected chi connectivity index (χ3v) is 2.99. The Hall–Kier alpha value is -1.92. The van der Waals surface area contributed by atoms with Gasteiger partial charge in [-0.3, -0.25) is 9.69 Å². The summed E-state index contributed by atoms with van der Waals surface area (Å²) in [6.07, 6.45) is 0. The first-order valence-electron chi connectivity index (χ1n) is 6.88. The molecule has 0 unspecified atom stereocenters. The van der Waals surface area contributed by atoms with E-state index in [0.29, 0.717) is 4.32 Å². The van der Waals surface area contributed by atoms with Gasteiger partial charge in [-0.2, -0.15) is 0 Å². The fraction of sp³-hybridized carbons (Fsp3) is 0.176. The first-order valence-corrected chi connectivity index (χ1v) is 7.74. The Labute approximate surface area is 146 Å². The lowest BCUT2D eigenvalue weighted by Crippen LogP contribution is -2.18. The molecular weight excluding hydrogens is 333 g/mol. The van der Waals surface area contributed by atoms with Crippen molar-refractivity contribution < 1.29 is 13.9 Å². The number of carbonyl (C=O) groups excluding carboxylic acids is 1. The number of alkyl halides is 1. The second kappa shape index (κ2) is 10.7. The molecule has 0 saturated carbocycles. The van der Waals surface area contributed by atoms with Crippen LogP contribution in [-0.4, -0.2) is 23.6 Å². The van der Waals surface area contributed by atoms with Gasteiger partial charge in [0.2, 0.25) is 0 Å². The lowest BCUT2D eigenvalue weighted by atomic mass is 10.2. The monoisotopic (exact) mass is 351 g/mol. The average molecular weight is 351 g/mol. The van der Waals surface area contributed by atoms with E-state index >= 15 is 0 Å². The van der Waals surface area contributed by atoms with Gasteiger partial charge >= 0.3 is 5.97 Å². The maximum Gasteiger partial charge on any atom is 0.302 e. The summed E-state index contributed by atoms with van der Waals surface area (Å²) >= 11 is 9.44. The lowest BCUT2D eigenvalue weighted by molar-refractivity contribution is -0.141. The van der Waals surface area contributed by atoms with E-state index in [1.165, 1.54) is 6.92 Å². The number of thiocarbonyl (C=S) groups is 1. The molecule has 3 nitrogen and oxygen atoms in total. The molecule has 0 aliphatic rings. The highest BCUT2D eigenvalue weighted by Gasteiger charge is 2.10. The molecule has 0 bridgehead atoms. The van der Waals surface area contributed by atoms with E-state index in [0.717, 1.165) is 11.4 Å². The average Bonchev–Trinajstić information content (AvgIpc) is 2.55. The first-order chi connectivity index (χ1) is 11.1. The summed E-state index contributed by atoms with van der Waals surface area (Å²) in [5, 5.41) is 0. The molecule has 0 aliphatic carbocycles. The molecule has 0 spiro atoms. The number of benzene rings is 2. The van der Waals surface area contributed by atoms with Crippen LogP contribution in [0.4, 0.5) is 15.8 Å². The van der Waals surface area contributed by atoms with Crippen molar-refractivity contribution in [1.29, 1.82) is 0 Å². The van der Waals surface area contributed by atoms with Gasteiger partial charge in [0.1, 0.15) is 17.6 Å². The highest BCUT2D eigenvalue weighted by atomic mass is 32.1. The van der Waals surface area contributed by atoms with Crippen LogP contribution in [0.25, 0.3) is 0 Å². The van der Waals surface area contributed by atoms with E-state index in [9.17, 15) is 9.18 Å². The number of halogens is 1. The summed E-state index contributed by atoms with van der Waals surface area (Å²) in [7, 11) is 0. The first kappa shape index (κ1) is 19.1. The highest BCUT2D eigenvalue weighted by Crippen LogP contribution is 2.26. The Kier molecular flexibility index (Phi) is 8.94. The molecule has 0 amide bonds. The number of rotatable bonds is 4. The number of carbonyl (C=O) groups is 1. The third-order valence-electron chi connectivity index (χ3n) is 2.60. The van der Waals surface area contributed by atoms with E-state index < -0.39 is 12.6 Å². The van der Waals surface area contributed by atoms with E-state index in [2.05, 4.69) is 17.4 Å². The molecule has 0 radical (unpaired) electrons. The quantitative estimate of drug-likeness (QED) is 0.497. The zero-order valence-corrected chi connectivity index (χ0v) is 14.4. The van der Waals surface area contributed by atoms with Crippen LogP contribution in [-0.2, 0) is 9.53 Å². The zero-order chi connectivity index (χ0) is 17.1. The molecular formula is C17H18FNO2S2. The number of anilines is 2. The SMILES string of the molecule is CC(=O)OCCF.S=C(S)N(c1ccccc1)c1ccccc1. The van der Waals surface area contributed by atoms with Crippen LogP contribution in [0.15, 0.2) is 60.7 Å². The molecule has 2 aromatic carbocycles. The molecule has 0 saturated heterocycles. The van der Waals surface area contributed by atoms with Crippen LogP contribution in [0.3, 0.4) is 0 Å². The fourth-order valence-electron chi connectivity index (χ4n) is 1.71. The number of nitrogens with zero attached hydrogens (tertiary/aromatic N) is 1. The van der Waals surface area contributed by atoms with E-state index in [4.69, 9.17) is 12.2 Å². The smallest absolute Gasteiger partial charge is 0.302 e. The number of esters is 1. The van der Waals surface area contributed by atoms with Crippen LogP contribution in [0.5, 0.6) is 0 Å². The topological polar surface area (TPSA) is 29.5 Å². The van der Waals surface area contributed by atoms with Crippen molar-refractivity contribution in [2.24, 2.45) is 0 Å². The molecule has 2 aromatic rings. The summed E-state index contributed by atoms with van der Waals surface area (Å²) in [6, 6.07) is 19.9. The molecule has 0 atom stereocenters. The van der Waals surface area contributed by atoms with Crippen molar-refractivity contribution in [3.8, 4) is 0 Å². The molecule has 0 N–H and O–H groups in total. The molecule has 0 aliphatic heterocycles. The standard InChI is InChI=1S/C13H11NS2.C4H7FO2/c15-13(16)14(11-7-3-1-4-8-11)12-9-5-2-6-10-12;1-4(6)7-3-2-5/h1-10H,(H,15,16);2-3H2,1H3. The lowest BCUT2D eigenvalue weighted by Gasteiger charge is -2.22. The van der Waals surface area contributed by atoms with Crippen molar-refractivity contribution in [2.45, 2.75) is 6.92 Å². The minimum Gasteiger partial charge on any atom is -0.463 e. The Bertz CT molecular complexity index is 569. The predicted molar refractivity (Wildman–Crippen MR) is 99.2 cm³/mol. The van der Waals surface area contributed by atoms with Crippen molar-refractivity contribution in [2.75, 3.05) is 18.2 Å². The fourth-order valence-corrected chi connectivity index (χ4v) is 2.15. The molecule has 23 heavy (non-hydrogen) atoms. The Morgan fingerprint density at radius 1 is 1.09 bits per heavy atom. The molecule has 122 valence electrons. The van der Waals surface area contributed by atoms with Crippen LogP contribution >= 0.6 is 24.8 Å². The molecule has 0 aromatic heterocycles. The second-order valence-electron chi connectivity index (χ2n) is 4.32. The summed E-state index contributed by atoms with van der Waals surface area (Å²) in [5.41, 5.74) is 2.04. The van der Waals surface area contributed by atoms with E-state index in [1.807, 2.05) is 65.6 Å². The van der Waals surface area contributed by atoms with Gasteiger partial charge in [-0.05, 0) is 24.3 Å². The van der Waals surface area contributed by atoms with Crippen molar-refractivity contribution in [3.05, 3.63) is 60.7 Å². The van der Waals surface area contributed by atoms with Crippen LogP contribution in [0.1, 0.15) is 6.92 Å². The van der Waals surface area contributed by atoms with Gasteiger partial charge in [-0.25, -0.2) is 4.39 Å². The predicted octanol–water partition coefficient (Wildman–Crippen LogP) is 4.56. The van der Waals surface area contributed by atoms with Crippen molar-refractivity contribution in [1.82, 2.24) is 0 Å². The zero-order valence-electron chi connectivity index (χ0n) is 12.7. The minimum absolute atomic E-state index is 0.116. The highest BCUT2D eigenvalue weighted by molar-refractivity contribution is 8.11. The summed E-state index contributed by atoms with van der Waals surface area (Å²) in [5.74, 6) is -0.433. The molecule has 2 rings (SSSR count). The summed E-state index contributed by atoms with van der Waals surface area (Å²) < 4.78 is 15.8. The van der Waals surface area contributed by atoms with Gasteiger partial charge in [0.25, 0.3) is 0 Å². The van der Waals surface area contributed by atoms with Gasteiger partial charge in [0.05, 0.1) is 0 Å². The Morgan fingerprint density at radius 2 is 1.52 bits per heavy atom. The summed E-state index contributed by atoms with van der Waals surface area (Å²) in [4.78, 5) is 11.7. The third kappa shape index (κ3) is 7.25.